The number of piperidine rings is 1. The van der Waals surface area contributed by atoms with Crippen LogP contribution in [0.2, 0.25) is 0 Å². The molecule has 0 spiro atoms. The third-order valence-electron chi connectivity index (χ3n) is 5.64. The lowest BCUT2D eigenvalue weighted by Gasteiger charge is -2.31. The Morgan fingerprint density at radius 3 is 2.62 bits per heavy atom. The second kappa shape index (κ2) is 12.2. The summed E-state index contributed by atoms with van der Waals surface area (Å²) in [6.07, 6.45) is 7.88. The Balaban J connectivity index is 0.00000300. The van der Waals surface area contributed by atoms with Gasteiger partial charge in [-0.05, 0) is 56.9 Å². The largest absolute Gasteiger partial charge is 0.356 e. The van der Waals surface area contributed by atoms with Crippen molar-refractivity contribution in [2.24, 2.45) is 10.9 Å². The van der Waals surface area contributed by atoms with Crippen molar-refractivity contribution in [1.82, 2.24) is 24.9 Å². The molecule has 3 rings (SSSR count). The molecule has 0 unspecified atom stereocenters. The summed E-state index contributed by atoms with van der Waals surface area (Å²) in [5.74, 6) is 1.78. The summed E-state index contributed by atoms with van der Waals surface area (Å²) in [6.45, 7) is 7.70. The molecule has 1 aliphatic heterocycles. The van der Waals surface area contributed by atoms with Crippen LogP contribution in [-0.2, 0) is 6.54 Å². The van der Waals surface area contributed by atoms with Crippen LogP contribution in [0.5, 0.6) is 0 Å². The number of rotatable bonds is 7. The molecule has 0 atom stereocenters. The maximum Gasteiger partial charge on any atom is 0.193 e. The van der Waals surface area contributed by atoms with Gasteiger partial charge in [0.25, 0.3) is 0 Å². The highest BCUT2D eigenvalue weighted by Gasteiger charge is 2.18. The minimum atomic E-state index is 0. The summed E-state index contributed by atoms with van der Waals surface area (Å²) in [5, 5.41) is 8.02. The van der Waals surface area contributed by atoms with Crippen LogP contribution in [0.1, 0.15) is 31.7 Å². The van der Waals surface area contributed by atoms with Crippen LogP contribution in [0.3, 0.4) is 0 Å². The molecule has 0 aliphatic carbocycles. The fraction of sp³-hybridized carbons (Fsp3) is 0.545. The molecular formula is C22H35IN6. The van der Waals surface area contributed by atoms with Gasteiger partial charge in [0, 0.05) is 38.9 Å². The van der Waals surface area contributed by atoms with Crippen molar-refractivity contribution in [2.75, 3.05) is 40.3 Å². The summed E-state index contributed by atoms with van der Waals surface area (Å²) in [7, 11) is 3.93. The molecule has 0 saturated carbocycles. The SMILES string of the molecule is CCN1CCC(CCNC(=NC)N(C)Cc2cnn(-c3ccccc3)c2)CC1.I. The van der Waals surface area contributed by atoms with E-state index in [1.165, 1.54) is 44.5 Å². The van der Waals surface area contributed by atoms with Crippen LogP contribution in [0.25, 0.3) is 5.69 Å². The van der Waals surface area contributed by atoms with E-state index in [1.807, 2.05) is 36.1 Å². The number of aliphatic imine (C=N–C) groups is 1. The zero-order valence-electron chi connectivity index (χ0n) is 17.9. The Kier molecular flexibility index (Phi) is 9.93. The molecule has 1 aromatic heterocycles. The lowest BCUT2D eigenvalue weighted by molar-refractivity contribution is 0.187. The standard InChI is InChI=1S/C22H34N6.HI/c1-4-27-14-11-19(12-15-27)10-13-24-22(23-2)26(3)17-20-16-25-28(18-20)21-8-6-5-7-9-21;/h5-9,16,18-19H,4,10-15,17H2,1-3H3,(H,23,24);1H. The maximum absolute atomic E-state index is 4.49. The molecule has 1 aliphatic rings. The quantitative estimate of drug-likeness (QED) is 0.351. The van der Waals surface area contributed by atoms with E-state index in [1.54, 1.807) is 0 Å². The Morgan fingerprint density at radius 2 is 1.97 bits per heavy atom. The van der Waals surface area contributed by atoms with Crippen LogP contribution in [0, 0.1) is 5.92 Å². The Labute approximate surface area is 192 Å². The van der Waals surface area contributed by atoms with Gasteiger partial charge in [0.2, 0.25) is 0 Å². The van der Waals surface area contributed by atoms with Crippen LogP contribution in [0.15, 0.2) is 47.7 Å². The Hall–Kier alpha value is -1.61. The zero-order valence-corrected chi connectivity index (χ0v) is 20.3. The number of hydrogen-bond acceptors (Lipinski definition) is 3. The van der Waals surface area contributed by atoms with Crippen LogP contribution in [-0.4, -0.2) is 65.8 Å². The molecule has 1 N–H and O–H groups in total. The van der Waals surface area contributed by atoms with Gasteiger partial charge in [-0.25, -0.2) is 4.68 Å². The summed E-state index contributed by atoms with van der Waals surface area (Å²) in [5.41, 5.74) is 2.24. The molecule has 0 amide bonds. The van der Waals surface area contributed by atoms with Gasteiger partial charge in [0.1, 0.15) is 0 Å². The van der Waals surface area contributed by atoms with E-state index in [2.05, 4.69) is 57.5 Å². The van der Waals surface area contributed by atoms with Gasteiger partial charge >= 0.3 is 0 Å². The average molecular weight is 510 g/mol. The first-order chi connectivity index (χ1) is 13.7. The number of para-hydroxylation sites is 1. The van der Waals surface area contributed by atoms with Gasteiger partial charge in [-0.15, -0.1) is 24.0 Å². The second-order valence-corrected chi connectivity index (χ2v) is 7.63. The first kappa shape index (κ1) is 23.7. The molecule has 1 aromatic carbocycles. The lowest BCUT2D eigenvalue weighted by Crippen LogP contribution is -2.40. The monoisotopic (exact) mass is 510 g/mol. The van der Waals surface area contributed by atoms with Gasteiger partial charge in [0.05, 0.1) is 11.9 Å². The van der Waals surface area contributed by atoms with Crippen LogP contribution >= 0.6 is 24.0 Å². The zero-order chi connectivity index (χ0) is 19.8. The van der Waals surface area contributed by atoms with Gasteiger partial charge in [-0.1, -0.05) is 25.1 Å². The van der Waals surface area contributed by atoms with Crippen molar-refractivity contribution in [1.29, 1.82) is 0 Å². The molecule has 2 aromatic rings. The highest BCUT2D eigenvalue weighted by Crippen LogP contribution is 2.19. The fourth-order valence-corrected chi connectivity index (χ4v) is 3.88. The minimum absolute atomic E-state index is 0. The average Bonchev–Trinajstić information content (AvgIpc) is 3.20. The summed E-state index contributed by atoms with van der Waals surface area (Å²) in [6, 6.07) is 10.2. The van der Waals surface area contributed by atoms with E-state index < -0.39 is 0 Å². The molecule has 0 bridgehead atoms. The van der Waals surface area contributed by atoms with Crippen molar-refractivity contribution in [3.8, 4) is 5.69 Å². The first-order valence-electron chi connectivity index (χ1n) is 10.4. The predicted molar refractivity (Wildman–Crippen MR) is 131 cm³/mol. The van der Waals surface area contributed by atoms with Crippen molar-refractivity contribution in [3.63, 3.8) is 0 Å². The Bertz CT molecular complexity index is 737. The molecule has 1 saturated heterocycles. The molecule has 6 nitrogen and oxygen atoms in total. The maximum atomic E-state index is 4.49. The van der Waals surface area contributed by atoms with Crippen molar-refractivity contribution in [3.05, 3.63) is 48.3 Å². The number of benzene rings is 1. The van der Waals surface area contributed by atoms with Crippen molar-refractivity contribution >= 4 is 29.9 Å². The normalized spacial score (nSPS) is 15.8. The highest BCUT2D eigenvalue weighted by molar-refractivity contribution is 14.0. The van der Waals surface area contributed by atoms with E-state index in [-0.39, 0.29) is 24.0 Å². The smallest absolute Gasteiger partial charge is 0.193 e. The third kappa shape index (κ3) is 6.99. The molecular weight excluding hydrogens is 475 g/mol. The molecule has 1 fully saturated rings. The number of likely N-dealkylation sites (tertiary alicyclic amines) is 1. The van der Waals surface area contributed by atoms with E-state index in [0.717, 1.165) is 30.7 Å². The van der Waals surface area contributed by atoms with Gasteiger partial charge in [-0.3, -0.25) is 4.99 Å². The number of halogens is 1. The van der Waals surface area contributed by atoms with Gasteiger partial charge in [-0.2, -0.15) is 5.10 Å². The summed E-state index contributed by atoms with van der Waals surface area (Å²) in [4.78, 5) is 9.16. The number of nitrogens with one attached hydrogen (secondary N) is 1. The highest BCUT2D eigenvalue weighted by atomic mass is 127. The van der Waals surface area contributed by atoms with Gasteiger partial charge < -0.3 is 15.1 Å². The van der Waals surface area contributed by atoms with E-state index in [9.17, 15) is 0 Å². The number of aromatic nitrogens is 2. The summed E-state index contributed by atoms with van der Waals surface area (Å²) >= 11 is 0. The lowest BCUT2D eigenvalue weighted by atomic mass is 9.93. The topological polar surface area (TPSA) is 48.7 Å². The Morgan fingerprint density at radius 1 is 1.24 bits per heavy atom. The molecule has 160 valence electrons. The molecule has 0 radical (unpaired) electrons. The fourth-order valence-electron chi connectivity index (χ4n) is 3.88. The third-order valence-corrected chi connectivity index (χ3v) is 5.64. The molecule has 7 heteroatoms. The number of guanidine groups is 1. The second-order valence-electron chi connectivity index (χ2n) is 7.63. The van der Waals surface area contributed by atoms with Crippen LogP contribution in [0.4, 0.5) is 0 Å². The van der Waals surface area contributed by atoms with Crippen molar-refractivity contribution < 1.29 is 0 Å². The van der Waals surface area contributed by atoms with E-state index in [0.29, 0.717) is 0 Å². The van der Waals surface area contributed by atoms with Gasteiger partial charge in [0.15, 0.2) is 5.96 Å². The van der Waals surface area contributed by atoms with E-state index in [4.69, 9.17) is 0 Å². The minimum Gasteiger partial charge on any atom is -0.356 e. The van der Waals surface area contributed by atoms with E-state index >= 15 is 0 Å². The summed E-state index contributed by atoms with van der Waals surface area (Å²) < 4.78 is 1.92. The van der Waals surface area contributed by atoms with Crippen molar-refractivity contribution in [2.45, 2.75) is 32.7 Å². The molecule has 2 heterocycles. The van der Waals surface area contributed by atoms with Crippen LogP contribution < -0.4 is 5.32 Å². The predicted octanol–water partition coefficient (Wildman–Crippen LogP) is 3.62. The number of nitrogens with zero attached hydrogens (tertiary/aromatic N) is 5. The number of hydrogen-bond donors (Lipinski definition) is 1. The molecule has 29 heavy (non-hydrogen) atoms. The first-order valence-corrected chi connectivity index (χ1v) is 10.4.